The van der Waals surface area contributed by atoms with Gasteiger partial charge in [0.2, 0.25) is 5.91 Å². The summed E-state index contributed by atoms with van der Waals surface area (Å²) in [4.78, 5) is 13.9. The molecule has 1 atom stereocenters. The summed E-state index contributed by atoms with van der Waals surface area (Å²) in [5, 5.41) is 3.69. The van der Waals surface area contributed by atoms with Crippen LogP contribution in [0.2, 0.25) is 0 Å². The van der Waals surface area contributed by atoms with Crippen LogP contribution in [-0.4, -0.2) is 37.7 Å². The summed E-state index contributed by atoms with van der Waals surface area (Å²) in [5.41, 5.74) is 4.80. The summed E-state index contributed by atoms with van der Waals surface area (Å²) >= 11 is 0. The molecule has 0 radical (unpaired) electrons. The zero-order valence-electron chi connectivity index (χ0n) is 17.0. The Bertz CT molecular complexity index is 806. The summed E-state index contributed by atoms with van der Waals surface area (Å²) in [6, 6.07) is 14.9. The molecule has 0 aromatic heterocycles. The highest BCUT2D eigenvalue weighted by Crippen LogP contribution is 2.28. The standard InChI is InChI=1S/C23H30N2O3/c1-17-8-9-19(23(14-17)28-13-12-27-3)15-24-22-10-11-25(18(2)26)16-20-6-4-5-7-21(20)22/h4-9,14,22,24H,10-13,15-16H2,1-3H3. The third-order valence-electron chi connectivity index (χ3n) is 5.23. The van der Waals surface area contributed by atoms with Gasteiger partial charge in [0.05, 0.1) is 6.61 Å². The SMILES string of the molecule is COCCOc1cc(C)ccc1CNC1CCN(C(C)=O)Cc2ccccc21. The number of carbonyl (C=O) groups excluding carboxylic acids is 1. The molecule has 1 aliphatic rings. The van der Waals surface area contributed by atoms with E-state index in [1.165, 1.54) is 16.7 Å². The number of aryl methyl sites for hydroxylation is 1. The van der Waals surface area contributed by atoms with Gasteiger partial charge in [-0.2, -0.15) is 0 Å². The molecule has 5 nitrogen and oxygen atoms in total. The van der Waals surface area contributed by atoms with Crippen molar-refractivity contribution in [2.45, 2.75) is 39.4 Å². The first kappa shape index (κ1) is 20.4. The Morgan fingerprint density at radius 3 is 2.82 bits per heavy atom. The summed E-state index contributed by atoms with van der Waals surface area (Å²) in [5.74, 6) is 1.03. The monoisotopic (exact) mass is 382 g/mol. The molecule has 1 aliphatic heterocycles. The van der Waals surface area contributed by atoms with E-state index >= 15 is 0 Å². The van der Waals surface area contributed by atoms with E-state index < -0.39 is 0 Å². The number of fused-ring (bicyclic) bond motifs is 1. The van der Waals surface area contributed by atoms with Crippen LogP contribution in [0.25, 0.3) is 0 Å². The molecule has 3 rings (SSSR count). The maximum atomic E-state index is 11.9. The van der Waals surface area contributed by atoms with E-state index in [0.29, 0.717) is 26.3 Å². The molecule has 0 bridgehead atoms. The molecule has 0 aliphatic carbocycles. The minimum absolute atomic E-state index is 0.128. The second kappa shape index (κ2) is 9.71. The van der Waals surface area contributed by atoms with Crippen molar-refractivity contribution in [1.82, 2.24) is 10.2 Å². The number of nitrogens with one attached hydrogen (secondary N) is 1. The molecule has 0 spiro atoms. The smallest absolute Gasteiger partial charge is 0.219 e. The average molecular weight is 383 g/mol. The van der Waals surface area contributed by atoms with E-state index in [2.05, 4.69) is 48.6 Å². The molecule has 1 heterocycles. The normalized spacial score (nSPS) is 16.4. The number of methoxy groups -OCH3 is 1. The highest BCUT2D eigenvalue weighted by atomic mass is 16.5. The van der Waals surface area contributed by atoms with Crippen LogP contribution in [0.4, 0.5) is 0 Å². The van der Waals surface area contributed by atoms with Gasteiger partial charge in [-0.05, 0) is 36.1 Å². The number of carbonyl (C=O) groups is 1. The molecule has 150 valence electrons. The first-order chi connectivity index (χ1) is 13.6. The summed E-state index contributed by atoms with van der Waals surface area (Å²) in [6.45, 7) is 6.96. The molecule has 1 N–H and O–H groups in total. The zero-order valence-corrected chi connectivity index (χ0v) is 17.0. The van der Waals surface area contributed by atoms with E-state index in [1.54, 1.807) is 14.0 Å². The third kappa shape index (κ3) is 5.12. The van der Waals surface area contributed by atoms with Crippen LogP contribution in [-0.2, 0) is 22.6 Å². The lowest BCUT2D eigenvalue weighted by Gasteiger charge is -2.21. The Labute approximate surface area is 167 Å². The molecule has 28 heavy (non-hydrogen) atoms. The van der Waals surface area contributed by atoms with Gasteiger partial charge < -0.3 is 19.7 Å². The van der Waals surface area contributed by atoms with E-state index in [4.69, 9.17) is 9.47 Å². The average Bonchev–Trinajstić information content (AvgIpc) is 2.87. The van der Waals surface area contributed by atoms with E-state index in [0.717, 1.165) is 24.3 Å². The van der Waals surface area contributed by atoms with E-state index in [-0.39, 0.29) is 11.9 Å². The lowest BCUT2D eigenvalue weighted by molar-refractivity contribution is -0.129. The number of hydrogen-bond acceptors (Lipinski definition) is 4. The van der Waals surface area contributed by atoms with Crippen LogP contribution in [0.3, 0.4) is 0 Å². The van der Waals surface area contributed by atoms with Crippen LogP contribution < -0.4 is 10.1 Å². The molecule has 1 amide bonds. The predicted octanol–water partition coefficient (Wildman–Crippen LogP) is 3.60. The number of rotatable bonds is 7. The fourth-order valence-corrected chi connectivity index (χ4v) is 3.63. The number of nitrogens with zero attached hydrogens (tertiary/aromatic N) is 1. The highest BCUT2D eigenvalue weighted by molar-refractivity contribution is 5.73. The van der Waals surface area contributed by atoms with Crippen molar-refractivity contribution in [1.29, 1.82) is 0 Å². The molecule has 5 heteroatoms. The molecular formula is C23H30N2O3. The Morgan fingerprint density at radius 2 is 2.04 bits per heavy atom. The van der Waals surface area contributed by atoms with E-state index in [9.17, 15) is 4.79 Å². The third-order valence-corrected chi connectivity index (χ3v) is 5.23. The number of amides is 1. The number of hydrogen-bond donors (Lipinski definition) is 1. The Morgan fingerprint density at radius 1 is 1.21 bits per heavy atom. The molecule has 0 saturated heterocycles. The zero-order chi connectivity index (χ0) is 19.9. The van der Waals surface area contributed by atoms with Gasteiger partial charge in [-0.3, -0.25) is 4.79 Å². The van der Waals surface area contributed by atoms with Crippen LogP contribution in [0.1, 0.15) is 41.6 Å². The van der Waals surface area contributed by atoms with Crippen LogP contribution in [0.15, 0.2) is 42.5 Å². The van der Waals surface area contributed by atoms with Crippen LogP contribution in [0.5, 0.6) is 5.75 Å². The second-order valence-electron chi connectivity index (χ2n) is 7.31. The topological polar surface area (TPSA) is 50.8 Å². The van der Waals surface area contributed by atoms with Crippen molar-refractivity contribution in [2.24, 2.45) is 0 Å². The van der Waals surface area contributed by atoms with Crippen LogP contribution >= 0.6 is 0 Å². The van der Waals surface area contributed by atoms with Gasteiger partial charge in [0, 0.05) is 45.3 Å². The van der Waals surface area contributed by atoms with Gasteiger partial charge in [-0.1, -0.05) is 36.4 Å². The summed E-state index contributed by atoms with van der Waals surface area (Å²) in [6.07, 6.45) is 0.891. The van der Waals surface area contributed by atoms with Gasteiger partial charge in [-0.15, -0.1) is 0 Å². The summed E-state index contributed by atoms with van der Waals surface area (Å²) < 4.78 is 11.0. The first-order valence-corrected chi connectivity index (χ1v) is 9.86. The van der Waals surface area contributed by atoms with Gasteiger partial charge in [0.1, 0.15) is 12.4 Å². The molecule has 1 unspecified atom stereocenters. The van der Waals surface area contributed by atoms with E-state index in [1.807, 2.05) is 11.0 Å². The molecular weight excluding hydrogens is 352 g/mol. The van der Waals surface area contributed by atoms with Crippen molar-refractivity contribution >= 4 is 5.91 Å². The Kier molecular flexibility index (Phi) is 7.06. The van der Waals surface area contributed by atoms with Crippen molar-refractivity contribution in [2.75, 3.05) is 26.9 Å². The predicted molar refractivity (Wildman–Crippen MR) is 110 cm³/mol. The molecule has 2 aromatic rings. The maximum Gasteiger partial charge on any atom is 0.219 e. The van der Waals surface area contributed by atoms with Crippen molar-refractivity contribution in [3.8, 4) is 5.75 Å². The van der Waals surface area contributed by atoms with Gasteiger partial charge in [0.15, 0.2) is 0 Å². The van der Waals surface area contributed by atoms with Crippen molar-refractivity contribution in [3.05, 3.63) is 64.7 Å². The van der Waals surface area contributed by atoms with Gasteiger partial charge >= 0.3 is 0 Å². The van der Waals surface area contributed by atoms with Crippen molar-refractivity contribution < 1.29 is 14.3 Å². The second-order valence-corrected chi connectivity index (χ2v) is 7.31. The largest absolute Gasteiger partial charge is 0.491 e. The molecule has 0 saturated carbocycles. The molecule has 0 fully saturated rings. The van der Waals surface area contributed by atoms with Gasteiger partial charge in [0.25, 0.3) is 0 Å². The minimum Gasteiger partial charge on any atom is -0.491 e. The maximum absolute atomic E-state index is 11.9. The lowest BCUT2D eigenvalue weighted by atomic mass is 9.99. The van der Waals surface area contributed by atoms with Crippen molar-refractivity contribution in [3.63, 3.8) is 0 Å². The Balaban J connectivity index is 1.74. The first-order valence-electron chi connectivity index (χ1n) is 9.86. The Hall–Kier alpha value is -2.37. The summed E-state index contributed by atoms with van der Waals surface area (Å²) in [7, 11) is 1.68. The fraction of sp³-hybridized carbons (Fsp3) is 0.435. The fourth-order valence-electron chi connectivity index (χ4n) is 3.63. The van der Waals surface area contributed by atoms with Crippen LogP contribution in [0, 0.1) is 6.92 Å². The molecule has 2 aromatic carbocycles. The lowest BCUT2D eigenvalue weighted by Crippen LogP contribution is -2.29. The van der Waals surface area contributed by atoms with Gasteiger partial charge in [-0.25, -0.2) is 0 Å². The minimum atomic E-state index is 0.128. The highest BCUT2D eigenvalue weighted by Gasteiger charge is 2.23. The quantitative estimate of drug-likeness (QED) is 0.744. The number of ether oxygens (including phenoxy) is 2. The number of benzene rings is 2.